The molecule has 2 rings (SSSR count). The topological polar surface area (TPSA) is 43.1 Å². The van der Waals surface area contributed by atoms with Crippen LogP contribution in [0.2, 0.25) is 0 Å². The summed E-state index contributed by atoms with van der Waals surface area (Å²) < 4.78 is 104. The summed E-state index contributed by atoms with van der Waals surface area (Å²) in [7, 11) is 0. The third-order valence-electron chi connectivity index (χ3n) is 3.58. The summed E-state index contributed by atoms with van der Waals surface area (Å²) in [6.45, 7) is 0. The average molecular weight is 462 g/mol. The van der Waals surface area contributed by atoms with E-state index in [-0.39, 0.29) is 23.3 Å². The minimum Gasteiger partial charge on any atom is -0.366 e. The highest BCUT2D eigenvalue weighted by atomic mass is 79.9. The lowest BCUT2D eigenvalue weighted by Crippen LogP contribution is -2.34. The zero-order valence-corrected chi connectivity index (χ0v) is 14.4. The second-order valence-electron chi connectivity index (χ2n) is 5.36. The number of hydrogen-bond acceptors (Lipinski definition) is 1. The summed E-state index contributed by atoms with van der Waals surface area (Å²) in [5, 5.41) is 0. The summed E-state index contributed by atoms with van der Waals surface area (Å²) in [5.74, 6) is -6.62. The Kier molecular flexibility index (Phi) is 5.30. The number of nitrogens with two attached hydrogens (primary N) is 1. The molecule has 0 aliphatic carbocycles. The summed E-state index contributed by atoms with van der Waals surface area (Å²) >= 11 is 2.62. The third-order valence-corrected chi connectivity index (χ3v) is 4.20. The maximum atomic E-state index is 13.6. The lowest BCUT2D eigenvalue weighted by atomic mass is 9.92. The van der Waals surface area contributed by atoms with Gasteiger partial charge in [-0.3, -0.25) is 4.79 Å². The van der Waals surface area contributed by atoms with Crippen molar-refractivity contribution in [3.63, 3.8) is 0 Å². The molecule has 2 N–H and O–H groups in total. The first-order valence-corrected chi connectivity index (χ1v) is 7.72. The van der Waals surface area contributed by atoms with Crippen LogP contribution in [0, 0.1) is 0 Å². The molecule has 0 spiro atoms. The van der Waals surface area contributed by atoms with Gasteiger partial charge in [0.05, 0.1) is 5.56 Å². The third kappa shape index (κ3) is 3.92. The van der Waals surface area contributed by atoms with Gasteiger partial charge in [-0.15, -0.1) is 0 Å². The van der Waals surface area contributed by atoms with Crippen molar-refractivity contribution in [2.45, 2.75) is 18.3 Å². The highest BCUT2D eigenvalue weighted by Crippen LogP contribution is 2.49. The largest absolute Gasteiger partial charge is 0.458 e. The molecule has 0 radical (unpaired) electrons. The van der Waals surface area contributed by atoms with Crippen LogP contribution in [0.3, 0.4) is 0 Å². The number of primary amides is 1. The summed E-state index contributed by atoms with van der Waals surface area (Å²) in [5.41, 5.74) is -0.0649. The maximum absolute atomic E-state index is 13.6. The molecule has 0 aliphatic heterocycles. The number of halogens is 9. The maximum Gasteiger partial charge on any atom is 0.458 e. The van der Waals surface area contributed by atoms with Crippen molar-refractivity contribution in [3.05, 3.63) is 57.6 Å². The molecule has 0 aromatic heterocycles. The minimum absolute atomic E-state index is 0.232. The Labute approximate surface area is 155 Å². The smallest absolute Gasteiger partial charge is 0.366 e. The van der Waals surface area contributed by atoms with Gasteiger partial charge in [-0.05, 0) is 23.8 Å². The molecule has 2 aromatic rings. The second-order valence-corrected chi connectivity index (χ2v) is 6.21. The van der Waals surface area contributed by atoms with Crippen molar-refractivity contribution in [1.29, 1.82) is 0 Å². The number of carbonyl (C=O) groups is 1. The molecule has 2 nitrogen and oxygen atoms in total. The van der Waals surface area contributed by atoms with Crippen molar-refractivity contribution in [2.24, 2.45) is 5.73 Å². The van der Waals surface area contributed by atoms with Crippen LogP contribution in [0.1, 0.15) is 21.5 Å². The second kappa shape index (κ2) is 6.77. The number of benzene rings is 2. The highest BCUT2D eigenvalue weighted by molar-refractivity contribution is 9.10. The Hall–Kier alpha value is -2.17. The van der Waals surface area contributed by atoms with E-state index < -0.39 is 45.3 Å². The van der Waals surface area contributed by atoms with Gasteiger partial charge in [-0.2, -0.15) is 35.1 Å². The van der Waals surface area contributed by atoms with E-state index in [1.165, 1.54) is 12.1 Å². The monoisotopic (exact) mass is 461 g/mol. The predicted molar refractivity (Wildman–Crippen MR) is 83.0 cm³/mol. The van der Waals surface area contributed by atoms with Crippen molar-refractivity contribution in [3.8, 4) is 11.1 Å². The van der Waals surface area contributed by atoms with Crippen LogP contribution >= 0.6 is 15.9 Å². The average Bonchev–Trinajstić information content (AvgIpc) is 2.52. The number of amides is 1. The SMILES string of the molecule is NC(=O)c1ccccc1-c1c(Br)cc(C(F)(F)C(F)(F)F)cc1C(F)(F)F. The van der Waals surface area contributed by atoms with Gasteiger partial charge in [0, 0.05) is 21.2 Å². The van der Waals surface area contributed by atoms with Crippen LogP contribution in [-0.2, 0) is 12.1 Å². The molecule has 146 valence electrons. The molecule has 1 amide bonds. The number of alkyl halides is 8. The quantitative estimate of drug-likeness (QED) is 0.569. The van der Waals surface area contributed by atoms with Crippen molar-refractivity contribution < 1.29 is 39.9 Å². The van der Waals surface area contributed by atoms with E-state index >= 15 is 0 Å². The fourth-order valence-corrected chi connectivity index (χ4v) is 3.04. The molecule has 0 fully saturated rings. The first-order chi connectivity index (χ1) is 12.2. The fraction of sp³-hybridized carbons (Fsp3) is 0.188. The molecule has 0 unspecified atom stereocenters. The van der Waals surface area contributed by atoms with E-state index in [0.29, 0.717) is 0 Å². The van der Waals surface area contributed by atoms with Crippen LogP contribution in [0.5, 0.6) is 0 Å². The van der Waals surface area contributed by atoms with Gasteiger partial charge in [-0.1, -0.05) is 34.1 Å². The van der Waals surface area contributed by atoms with Gasteiger partial charge in [0.15, 0.2) is 0 Å². The Morgan fingerprint density at radius 3 is 1.96 bits per heavy atom. The van der Waals surface area contributed by atoms with Gasteiger partial charge in [-0.25, -0.2) is 0 Å². The Morgan fingerprint density at radius 1 is 0.926 bits per heavy atom. The molecule has 27 heavy (non-hydrogen) atoms. The molecule has 0 bridgehead atoms. The van der Waals surface area contributed by atoms with Crippen LogP contribution in [0.15, 0.2) is 40.9 Å². The Bertz CT molecular complexity index is 889. The summed E-state index contributed by atoms with van der Waals surface area (Å²) in [4.78, 5) is 11.5. The standard InChI is InChI=1S/C16H8BrF8NO/c17-11-6-7(14(18,19)16(23,24)25)5-10(15(20,21)22)12(11)8-3-1-2-4-9(8)13(26)27/h1-6H,(H2,26,27). The van der Waals surface area contributed by atoms with Gasteiger partial charge >= 0.3 is 18.3 Å². The zero-order chi connectivity index (χ0) is 20.8. The lowest BCUT2D eigenvalue weighted by Gasteiger charge is -2.23. The molecule has 0 heterocycles. The van der Waals surface area contributed by atoms with Gasteiger partial charge in [0.1, 0.15) is 0 Å². The van der Waals surface area contributed by atoms with E-state index in [9.17, 15) is 39.9 Å². The van der Waals surface area contributed by atoms with E-state index in [4.69, 9.17) is 5.73 Å². The molecule has 2 aromatic carbocycles. The van der Waals surface area contributed by atoms with Crippen LogP contribution in [0.4, 0.5) is 35.1 Å². The fourth-order valence-electron chi connectivity index (χ4n) is 2.36. The van der Waals surface area contributed by atoms with Crippen molar-refractivity contribution >= 4 is 21.8 Å². The van der Waals surface area contributed by atoms with E-state index in [0.717, 1.165) is 12.1 Å². The normalized spacial score (nSPS) is 12.9. The minimum atomic E-state index is -6.10. The van der Waals surface area contributed by atoms with Crippen LogP contribution in [-0.4, -0.2) is 12.1 Å². The molecular weight excluding hydrogens is 454 g/mol. The molecule has 11 heteroatoms. The first kappa shape index (κ1) is 21.1. The first-order valence-electron chi connectivity index (χ1n) is 6.93. The summed E-state index contributed by atoms with van der Waals surface area (Å²) in [6, 6.07) is 4.67. The number of hydrogen-bond donors (Lipinski definition) is 1. The van der Waals surface area contributed by atoms with E-state index in [2.05, 4.69) is 15.9 Å². The predicted octanol–water partition coefficient (Wildman–Crippen LogP) is 5.89. The summed E-state index contributed by atoms with van der Waals surface area (Å²) in [6.07, 6.45) is -11.4. The number of carbonyl (C=O) groups excluding carboxylic acids is 1. The molecule has 0 aliphatic rings. The van der Waals surface area contributed by atoms with Crippen LogP contribution in [0.25, 0.3) is 11.1 Å². The Morgan fingerprint density at radius 2 is 1.48 bits per heavy atom. The molecule has 0 atom stereocenters. The molecule has 0 saturated carbocycles. The van der Waals surface area contributed by atoms with Gasteiger partial charge in [0.25, 0.3) is 0 Å². The van der Waals surface area contributed by atoms with Gasteiger partial charge < -0.3 is 5.73 Å². The van der Waals surface area contributed by atoms with E-state index in [1.54, 1.807) is 0 Å². The Balaban J connectivity index is 2.88. The highest BCUT2D eigenvalue weighted by Gasteiger charge is 2.59. The van der Waals surface area contributed by atoms with Crippen LogP contribution < -0.4 is 5.73 Å². The van der Waals surface area contributed by atoms with Gasteiger partial charge in [0.2, 0.25) is 5.91 Å². The molecular formula is C16H8BrF8NO. The lowest BCUT2D eigenvalue weighted by molar-refractivity contribution is -0.289. The molecule has 0 saturated heterocycles. The zero-order valence-electron chi connectivity index (χ0n) is 12.9. The number of rotatable bonds is 3. The van der Waals surface area contributed by atoms with Crippen molar-refractivity contribution in [1.82, 2.24) is 0 Å². The van der Waals surface area contributed by atoms with E-state index in [1.807, 2.05) is 0 Å². The van der Waals surface area contributed by atoms with Crippen molar-refractivity contribution in [2.75, 3.05) is 0 Å².